The number of para-hydroxylation sites is 1. The summed E-state index contributed by atoms with van der Waals surface area (Å²) in [4.78, 5) is 24.1. The number of carboxylic acids is 1. The Labute approximate surface area is 124 Å². The highest BCUT2D eigenvalue weighted by Gasteiger charge is 2.24. The molecule has 0 aliphatic heterocycles. The number of urea groups is 1. The third-order valence-corrected chi connectivity index (χ3v) is 3.32. The summed E-state index contributed by atoms with van der Waals surface area (Å²) in [5.41, 5.74) is 0.994. The van der Waals surface area contributed by atoms with E-state index in [0.29, 0.717) is 19.4 Å². The van der Waals surface area contributed by atoms with E-state index in [1.54, 1.807) is 14.0 Å². The molecule has 0 radical (unpaired) electrons. The molecule has 0 saturated carbocycles. The number of likely N-dealkylation sites (N-methyl/N-ethyl adjacent to an activating group) is 1. The second-order valence-corrected chi connectivity index (χ2v) is 4.67. The fourth-order valence-electron chi connectivity index (χ4n) is 2.09. The smallest absolute Gasteiger partial charge is 0.326 e. The quantitative estimate of drug-likeness (QED) is 0.803. The van der Waals surface area contributed by atoms with E-state index in [1.807, 2.05) is 24.3 Å². The molecule has 21 heavy (non-hydrogen) atoms. The number of aliphatic carboxylic acids is 1. The Morgan fingerprint density at radius 2 is 2.05 bits per heavy atom. The van der Waals surface area contributed by atoms with Gasteiger partial charge in [-0.25, -0.2) is 9.59 Å². The topological polar surface area (TPSA) is 78.9 Å². The fraction of sp³-hybridized carbons (Fsp3) is 0.467. The molecule has 0 fully saturated rings. The number of hydrogen-bond donors (Lipinski definition) is 2. The Morgan fingerprint density at radius 1 is 1.38 bits per heavy atom. The van der Waals surface area contributed by atoms with Gasteiger partial charge < -0.3 is 20.1 Å². The van der Waals surface area contributed by atoms with E-state index in [9.17, 15) is 9.59 Å². The molecule has 116 valence electrons. The zero-order valence-electron chi connectivity index (χ0n) is 12.6. The molecule has 6 heteroatoms. The van der Waals surface area contributed by atoms with Crippen molar-refractivity contribution in [2.45, 2.75) is 25.8 Å². The number of hydrogen-bond acceptors (Lipinski definition) is 3. The summed E-state index contributed by atoms with van der Waals surface area (Å²) in [7, 11) is 3.09. The van der Waals surface area contributed by atoms with Crippen LogP contribution >= 0.6 is 0 Å². The van der Waals surface area contributed by atoms with Gasteiger partial charge in [-0.05, 0) is 24.5 Å². The van der Waals surface area contributed by atoms with Gasteiger partial charge in [0.05, 0.1) is 7.11 Å². The first-order valence-electron chi connectivity index (χ1n) is 6.86. The van der Waals surface area contributed by atoms with E-state index in [4.69, 9.17) is 9.84 Å². The molecule has 0 saturated heterocycles. The number of rotatable bonds is 7. The largest absolute Gasteiger partial charge is 0.496 e. The summed E-state index contributed by atoms with van der Waals surface area (Å²) in [5, 5.41) is 11.7. The van der Waals surface area contributed by atoms with E-state index >= 15 is 0 Å². The van der Waals surface area contributed by atoms with Gasteiger partial charge in [-0.15, -0.1) is 0 Å². The second-order valence-electron chi connectivity index (χ2n) is 4.67. The van der Waals surface area contributed by atoms with Gasteiger partial charge in [0.1, 0.15) is 11.8 Å². The van der Waals surface area contributed by atoms with E-state index in [1.165, 1.54) is 11.9 Å². The molecule has 1 unspecified atom stereocenters. The Kier molecular flexibility index (Phi) is 6.52. The van der Waals surface area contributed by atoms with Crippen molar-refractivity contribution in [2.24, 2.45) is 0 Å². The van der Waals surface area contributed by atoms with Crippen LogP contribution in [-0.4, -0.2) is 48.8 Å². The summed E-state index contributed by atoms with van der Waals surface area (Å²) in [6, 6.07) is 6.38. The first-order chi connectivity index (χ1) is 10.0. The molecule has 0 aliphatic carbocycles. The van der Waals surface area contributed by atoms with E-state index in [0.717, 1.165) is 11.3 Å². The van der Waals surface area contributed by atoms with Crippen molar-refractivity contribution in [2.75, 3.05) is 20.7 Å². The molecule has 0 aliphatic rings. The maximum absolute atomic E-state index is 11.9. The number of ether oxygens (including phenoxy) is 1. The van der Waals surface area contributed by atoms with Crippen LogP contribution in [0.25, 0.3) is 0 Å². The number of benzene rings is 1. The fourth-order valence-corrected chi connectivity index (χ4v) is 2.09. The van der Waals surface area contributed by atoms with Crippen molar-refractivity contribution in [1.29, 1.82) is 0 Å². The minimum Gasteiger partial charge on any atom is -0.496 e. The molecule has 1 atom stereocenters. The zero-order valence-corrected chi connectivity index (χ0v) is 12.6. The predicted molar refractivity (Wildman–Crippen MR) is 79.6 cm³/mol. The zero-order chi connectivity index (χ0) is 15.8. The summed E-state index contributed by atoms with van der Waals surface area (Å²) in [6.45, 7) is 2.15. The highest BCUT2D eigenvalue weighted by Crippen LogP contribution is 2.17. The normalized spacial score (nSPS) is 11.6. The molecule has 1 aromatic rings. The molecule has 1 rings (SSSR count). The lowest BCUT2D eigenvalue weighted by molar-refractivity contribution is -0.141. The van der Waals surface area contributed by atoms with Crippen molar-refractivity contribution in [3.05, 3.63) is 29.8 Å². The van der Waals surface area contributed by atoms with Crippen LogP contribution < -0.4 is 10.1 Å². The second kappa shape index (κ2) is 8.14. The van der Waals surface area contributed by atoms with Crippen LogP contribution in [0.4, 0.5) is 4.79 Å². The van der Waals surface area contributed by atoms with Crippen LogP contribution in [-0.2, 0) is 11.2 Å². The van der Waals surface area contributed by atoms with Gasteiger partial charge in [0.15, 0.2) is 0 Å². The number of carbonyl (C=O) groups excluding carboxylic acids is 1. The standard InChI is InChI=1S/C15H22N2O4/c1-4-12(14(18)19)17(2)15(20)16-10-9-11-7-5-6-8-13(11)21-3/h5-8,12H,4,9-10H2,1-3H3,(H,16,20)(H,18,19). The maximum Gasteiger partial charge on any atom is 0.326 e. The van der Waals surface area contributed by atoms with Crippen molar-refractivity contribution >= 4 is 12.0 Å². The third-order valence-electron chi connectivity index (χ3n) is 3.32. The SMILES string of the molecule is CCC(C(=O)O)N(C)C(=O)NCCc1ccccc1OC. The first-order valence-corrected chi connectivity index (χ1v) is 6.86. The lowest BCUT2D eigenvalue weighted by atomic mass is 10.1. The highest BCUT2D eigenvalue weighted by atomic mass is 16.5. The van der Waals surface area contributed by atoms with Gasteiger partial charge in [0, 0.05) is 13.6 Å². The molecule has 1 aromatic carbocycles. The number of carboxylic acid groups (broad SMARTS) is 1. The summed E-state index contributed by atoms with van der Waals surface area (Å²) < 4.78 is 5.24. The Hall–Kier alpha value is -2.24. The van der Waals surface area contributed by atoms with E-state index in [2.05, 4.69) is 5.32 Å². The van der Waals surface area contributed by atoms with E-state index < -0.39 is 12.0 Å². The Bertz CT molecular complexity index is 490. The molecule has 2 amide bonds. The van der Waals surface area contributed by atoms with Gasteiger partial charge in [-0.1, -0.05) is 25.1 Å². The van der Waals surface area contributed by atoms with Crippen LogP contribution in [0.2, 0.25) is 0 Å². The molecule has 0 aromatic heterocycles. The van der Waals surface area contributed by atoms with Gasteiger partial charge in [-0.2, -0.15) is 0 Å². The number of nitrogens with one attached hydrogen (secondary N) is 1. The van der Waals surface area contributed by atoms with Crippen LogP contribution in [0, 0.1) is 0 Å². The number of amides is 2. The summed E-state index contributed by atoms with van der Waals surface area (Å²) in [5.74, 6) is -0.225. The molecule has 0 heterocycles. The van der Waals surface area contributed by atoms with Crippen LogP contribution in [0.5, 0.6) is 5.75 Å². The molecule has 6 nitrogen and oxygen atoms in total. The number of methoxy groups -OCH3 is 1. The summed E-state index contributed by atoms with van der Waals surface area (Å²) >= 11 is 0. The Balaban J connectivity index is 2.51. The van der Waals surface area contributed by atoms with Gasteiger partial charge >= 0.3 is 12.0 Å². The highest BCUT2D eigenvalue weighted by molar-refractivity contribution is 5.82. The van der Waals surface area contributed by atoms with Crippen molar-refractivity contribution in [1.82, 2.24) is 10.2 Å². The summed E-state index contributed by atoms with van der Waals surface area (Å²) in [6.07, 6.45) is 0.985. The third kappa shape index (κ3) is 4.66. The molecule has 0 bridgehead atoms. The Morgan fingerprint density at radius 3 is 2.62 bits per heavy atom. The number of carbonyl (C=O) groups is 2. The van der Waals surface area contributed by atoms with Gasteiger partial charge in [-0.3, -0.25) is 0 Å². The predicted octanol–water partition coefficient (Wildman–Crippen LogP) is 1.74. The average Bonchev–Trinajstić information content (AvgIpc) is 2.47. The minimum atomic E-state index is -1.00. The van der Waals surface area contributed by atoms with Crippen molar-refractivity contribution in [3.8, 4) is 5.75 Å². The monoisotopic (exact) mass is 294 g/mol. The van der Waals surface area contributed by atoms with Gasteiger partial charge in [0.25, 0.3) is 0 Å². The van der Waals surface area contributed by atoms with Crippen molar-refractivity contribution < 1.29 is 19.4 Å². The molecule has 0 spiro atoms. The van der Waals surface area contributed by atoms with Gasteiger partial charge in [0.2, 0.25) is 0 Å². The lowest BCUT2D eigenvalue weighted by Crippen LogP contribution is -2.47. The van der Waals surface area contributed by atoms with E-state index in [-0.39, 0.29) is 6.03 Å². The molecular weight excluding hydrogens is 272 g/mol. The molecule has 2 N–H and O–H groups in total. The number of nitrogens with zero attached hydrogens (tertiary/aromatic N) is 1. The lowest BCUT2D eigenvalue weighted by Gasteiger charge is -2.24. The van der Waals surface area contributed by atoms with Crippen LogP contribution in [0.15, 0.2) is 24.3 Å². The average molecular weight is 294 g/mol. The van der Waals surface area contributed by atoms with Crippen LogP contribution in [0.3, 0.4) is 0 Å². The molecular formula is C15H22N2O4. The minimum absolute atomic E-state index is 0.367. The maximum atomic E-state index is 11.9. The van der Waals surface area contributed by atoms with Crippen molar-refractivity contribution in [3.63, 3.8) is 0 Å². The first kappa shape index (κ1) is 16.8. The van der Waals surface area contributed by atoms with Crippen LogP contribution in [0.1, 0.15) is 18.9 Å².